The average Bonchev–Trinajstić information content (AvgIpc) is 2.94. The lowest BCUT2D eigenvalue weighted by Gasteiger charge is -2.14. The number of carbonyl (C=O) groups excluding carboxylic acids is 4. The van der Waals surface area contributed by atoms with Crippen LogP contribution in [0.4, 0.5) is 0 Å². The molecule has 0 spiro atoms. The Kier molecular flexibility index (Phi) is 21.3. The van der Waals surface area contributed by atoms with Crippen molar-refractivity contribution in [3.63, 3.8) is 0 Å². The van der Waals surface area contributed by atoms with Crippen LogP contribution in [-0.2, 0) is 49.3 Å². The molecule has 0 radical (unpaired) electrons. The number of aldehydes is 1. The van der Waals surface area contributed by atoms with E-state index in [1.165, 1.54) is 0 Å². The van der Waals surface area contributed by atoms with E-state index in [0.29, 0.717) is 45.5 Å². The summed E-state index contributed by atoms with van der Waals surface area (Å²) >= 11 is 2.22. The van der Waals surface area contributed by atoms with Crippen LogP contribution in [0.5, 0.6) is 0 Å². The Labute approximate surface area is 253 Å². The maximum Gasteiger partial charge on any atom is 0.326 e. The molecule has 0 heterocycles. The Balaban J connectivity index is 2.02. The summed E-state index contributed by atoms with van der Waals surface area (Å²) in [6.45, 7) is 2.02. The molecule has 41 heavy (non-hydrogen) atoms. The Morgan fingerprint density at radius 2 is 1.41 bits per heavy atom. The van der Waals surface area contributed by atoms with Gasteiger partial charge in [0.15, 0.2) is 0 Å². The maximum absolute atomic E-state index is 12.2. The molecular weight excluding hydrogens is 653 g/mol. The lowest BCUT2D eigenvalue weighted by atomic mass is 10.1. The van der Waals surface area contributed by atoms with Gasteiger partial charge in [0.05, 0.1) is 39.6 Å². The van der Waals surface area contributed by atoms with E-state index >= 15 is 0 Å². The molecule has 0 aliphatic heterocycles. The summed E-state index contributed by atoms with van der Waals surface area (Å²) < 4.78 is 21.8. The van der Waals surface area contributed by atoms with Gasteiger partial charge in [0.1, 0.15) is 25.5 Å². The number of amides is 3. The van der Waals surface area contributed by atoms with Crippen molar-refractivity contribution in [1.29, 1.82) is 0 Å². The van der Waals surface area contributed by atoms with Crippen LogP contribution in [0.15, 0.2) is 24.3 Å². The minimum absolute atomic E-state index is 0.0251. The molecule has 0 saturated heterocycles. The Bertz CT molecular complexity index is 917. The molecule has 13 nitrogen and oxygen atoms in total. The van der Waals surface area contributed by atoms with Crippen LogP contribution in [0.2, 0.25) is 0 Å². The van der Waals surface area contributed by atoms with Crippen LogP contribution in [0, 0.1) is 3.57 Å². The fourth-order valence-electron chi connectivity index (χ4n) is 3.30. The maximum atomic E-state index is 12.2. The van der Waals surface area contributed by atoms with E-state index in [2.05, 4.69) is 38.5 Å². The number of carbonyl (C=O) groups is 5. The van der Waals surface area contributed by atoms with Crippen molar-refractivity contribution in [2.45, 2.75) is 38.1 Å². The smallest absolute Gasteiger partial charge is 0.326 e. The van der Waals surface area contributed by atoms with Gasteiger partial charge in [-0.2, -0.15) is 0 Å². The van der Waals surface area contributed by atoms with Crippen molar-refractivity contribution in [3.05, 3.63) is 33.4 Å². The zero-order chi connectivity index (χ0) is 30.1. The number of rotatable bonds is 25. The van der Waals surface area contributed by atoms with Crippen molar-refractivity contribution in [1.82, 2.24) is 16.0 Å². The summed E-state index contributed by atoms with van der Waals surface area (Å²) in [4.78, 5) is 57.4. The largest absolute Gasteiger partial charge is 0.480 e. The Morgan fingerprint density at radius 3 is 2.05 bits per heavy atom. The van der Waals surface area contributed by atoms with Crippen molar-refractivity contribution in [2.24, 2.45) is 0 Å². The van der Waals surface area contributed by atoms with Crippen LogP contribution in [-0.4, -0.2) is 107 Å². The predicted molar refractivity (Wildman–Crippen MR) is 156 cm³/mol. The molecule has 4 N–H and O–H groups in total. The zero-order valence-electron chi connectivity index (χ0n) is 23.1. The number of hydrogen-bond acceptors (Lipinski definition) is 9. The first-order chi connectivity index (χ1) is 19.8. The fourth-order valence-corrected chi connectivity index (χ4v) is 3.66. The summed E-state index contributed by atoms with van der Waals surface area (Å²) in [7, 11) is 0. The Morgan fingerprint density at radius 1 is 0.805 bits per heavy atom. The molecule has 3 amide bonds. The number of benzene rings is 1. The van der Waals surface area contributed by atoms with Gasteiger partial charge in [-0.1, -0.05) is 12.1 Å². The van der Waals surface area contributed by atoms with Gasteiger partial charge in [0, 0.05) is 29.5 Å². The molecule has 1 atom stereocenters. The van der Waals surface area contributed by atoms with Gasteiger partial charge >= 0.3 is 5.97 Å². The number of aliphatic carboxylic acids is 1. The predicted octanol–water partition coefficient (Wildman–Crippen LogP) is 0.461. The van der Waals surface area contributed by atoms with Crippen LogP contribution in [0.3, 0.4) is 0 Å². The molecule has 0 fully saturated rings. The molecule has 230 valence electrons. The van der Waals surface area contributed by atoms with Crippen molar-refractivity contribution >= 4 is 52.6 Å². The van der Waals surface area contributed by atoms with E-state index in [9.17, 15) is 29.1 Å². The highest BCUT2D eigenvalue weighted by molar-refractivity contribution is 14.1. The fraction of sp³-hybridized carbons (Fsp3) is 0.593. The van der Waals surface area contributed by atoms with Gasteiger partial charge in [-0.3, -0.25) is 14.4 Å². The Hall–Kier alpha value is -2.66. The van der Waals surface area contributed by atoms with E-state index in [-0.39, 0.29) is 76.6 Å². The second-order valence-electron chi connectivity index (χ2n) is 8.70. The highest BCUT2D eigenvalue weighted by atomic mass is 127. The summed E-state index contributed by atoms with van der Waals surface area (Å²) in [5, 5.41) is 17.1. The van der Waals surface area contributed by atoms with Gasteiger partial charge in [-0.15, -0.1) is 0 Å². The number of carboxylic acid groups (broad SMARTS) is 1. The molecule has 0 unspecified atom stereocenters. The molecule has 0 saturated carbocycles. The third-order valence-electron chi connectivity index (χ3n) is 5.38. The minimum Gasteiger partial charge on any atom is -0.480 e. The van der Waals surface area contributed by atoms with Gasteiger partial charge in [-0.25, -0.2) is 4.79 Å². The van der Waals surface area contributed by atoms with Crippen LogP contribution >= 0.6 is 22.6 Å². The first-order valence-corrected chi connectivity index (χ1v) is 14.4. The highest BCUT2D eigenvalue weighted by Gasteiger charge is 2.20. The van der Waals surface area contributed by atoms with Gasteiger partial charge in [-0.05, 0) is 59.5 Å². The molecule has 14 heteroatoms. The first kappa shape index (κ1) is 36.4. The van der Waals surface area contributed by atoms with Crippen molar-refractivity contribution < 1.29 is 48.0 Å². The molecular formula is C27H40IN3O10. The third-order valence-corrected chi connectivity index (χ3v) is 6.10. The van der Waals surface area contributed by atoms with Gasteiger partial charge in [0.25, 0.3) is 0 Å². The van der Waals surface area contributed by atoms with Crippen LogP contribution in [0.1, 0.15) is 31.2 Å². The molecule has 0 aromatic heterocycles. The molecule has 0 aliphatic carbocycles. The molecule has 0 bridgehead atoms. The average molecular weight is 694 g/mol. The standard InChI is InChI=1S/C27H40IN3O10/c28-22-6-4-21(5-7-22)2-1-3-25(34)31-23(27(36)37)8-9-24(33)29-10-13-39-18-19-41-20-26(35)30-11-14-38-16-17-40-15-12-32/h4-7,12,23H,1-3,8-11,13-20H2,(H,29,33)(H,30,35)(H,31,34)(H,36,37)/t23-/m0/s1. The topological polar surface area (TPSA) is 179 Å². The number of nitrogens with one attached hydrogen (secondary N) is 3. The second kappa shape index (κ2) is 24.0. The monoisotopic (exact) mass is 693 g/mol. The minimum atomic E-state index is -1.19. The molecule has 1 rings (SSSR count). The number of ether oxygens (including phenoxy) is 4. The summed E-state index contributed by atoms with van der Waals surface area (Å²) in [5.74, 6) is -2.19. The lowest BCUT2D eigenvalue weighted by molar-refractivity contribution is -0.142. The van der Waals surface area contributed by atoms with E-state index in [1.807, 2.05) is 24.3 Å². The number of halogens is 1. The van der Waals surface area contributed by atoms with E-state index in [0.717, 1.165) is 9.13 Å². The molecule has 1 aromatic carbocycles. The summed E-state index contributed by atoms with van der Waals surface area (Å²) in [6, 6.07) is 6.84. The first-order valence-electron chi connectivity index (χ1n) is 13.4. The van der Waals surface area contributed by atoms with Gasteiger partial charge < -0.3 is 44.8 Å². The lowest BCUT2D eigenvalue weighted by Crippen LogP contribution is -2.41. The van der Waals surface area contributed by atoms with Crippen LogP contribution in [0.25, 0.3) is 0 Å². The third kappa shape index (κ3) is 20.8. The van der Waals surface area contributed by atoms with E-state index < -0.39 is 12.0 Å². The number of aryl methyl sites for hydroxylation is 1. The summed E-state index contributed by atoms with van der Waals surface area (Å²) in [5.41, 5.74) is 1.11. The number of hydrogen-bond donors (Lipinski definition) is 4. The molecule has 1 aromatic rings. The second-order valence-corrected chi connectivity index (χ2v) is 9.94. The summed E-state index contributed by atoms with van der Waals surface area (Å²) in [6.07, 6.45) is 2.08. The normalized spacial score (nSPS) is 11.4. The van der Waals surface area contributed by atoms with E-state index in [1.54, 1.807) is 0 Å². The van der Waals surface area contributed by atoms with Crippen molar-refractivity contribution in [2.75, 3.05) is 65.9 Å². The zero-order valence-corrected chi connectivity index (χ0v) is 25.2. The van der Waals surface area contributed by atoms with Crippen molar-refractivity contribution in [3.8, 4) is 0 Å². The number of carboxylic acids is 1. The quantitative estimate of drug-likeness (QED) is 0.0639. The highest BCUT2D eigenvalue weighted by Crippen LogP contribution is 2.10. The molecule has 0 aliphatic rings. The van der Waals surface area contributed by atoms with Crippen LogP contribution < -0.4 is 16.0 Å². The van der Waals surface area contributed by atoms with E-state index in [4.69, 9.17) is 18.9 Å². The SMILES string of the molecule is O=CCOCCOCCNC(=O)COCCOCCNC(=O)CC[C@H](NC(=O)CCCc1ccc(I)cc1)C(=O)O. The van der Waals surface area contributed by atoms with Gasteiger partial charge in [0.2, 0.25) is 17.7 Å².